The Kier molecular flexibility index (Phi) is 8.44. The molecule has 1 fully saturated rings. The fourth-order valence-corrected chi connectivity index (χ4v) is 5.10. The number of aliphatic imine (C=N–C) groups is 1. The Morgan fingerprint density at radius 3 is 2.69 bits per heavy atom. The monoisotopic (exact) mass is 590 g/mol. The van der Waals surface area contributed by atoms with E-state index in [1.54, 1.807) is 24.3 Å². The molecule has 1 amide bonds. The number of nitrogens with one attached hydrogen (secondary N) is 1. The van der Waals surface area contributed by atoms with Crippen molar-refractivity contribution < 1.29 is 14.3 Å². The second-order valence-electron chi connectivity index (χ2n) is 7.60. The van der Waals surface area contributed by atoms with Crippen LogP contribution in [0.1, 0.15) is 23.6 Å². The molecule has 0 unspecified atom stereocenters. The molecule has 5 nitrogen and oxygen atoms in total. The van der Waals surface area contributed by atoms with Crippen molar-refractivity contribution in [2.24, 2.45) is 4.99 Å². The van der Waals surface area contributed by atoms with Gasteiger partial charge in [0.1, 0.15) is 6.61 Å². The van der Waals surface area contributed by atoms with Crippen molar-refractivity contribution in [2.75, 3.05) is 6.61 Å². The van der Waals surface area contributed by atoms with Gasteiger partial charge in [-0.05, 0) is 83.0 Å². The van der Waals surface area contributed by atoms with Gasteiger partial charge in [0.05, 0.1) is 31.7 Å². The number of aryl methyl sites for hydroxylation is 1. The van der Waals surface area contributed by atoms with Crippen LogP contribution in [0.3, 0.4) is 0 Å². The van der Waals surface area contributed by atoms with Crippen LogP contribution in [-0.2, 0) is 11.4 Å². The lowest BCUT2D eigenvalue weighted by Crippen LogP contribution is -2.19. The predicted octanol–water partition coefficient (Wildman–Crippen LogP) is 7.93. The lowest BCUT2D eigenvalue weighted by molar-refractivity contribution is -0.115. The largest absolute Gasteiger partial charge is 0.490 e. The summed E-state index contributed by atoms with van der Waals surface area (Å²) in [7, 11) is 0. The van der Waals surface area contributed by atoms with Crippen LogP contribution >= 0.6 is 50.9 Å². The topological polar surface area (TPSA) is 59.9 Å². The molecule has 0 aliphatic carbocycles. The van der Waals surface area contributed by atoms with Crippen LogP contribution in [0.2, 0.25) is 10.0 Å². The van der Waals surface area contributed by atoms with Crippen molar-refractivity contribution in [2.45, 2.75) is 20.5 Å². The maximum Gasteiger partial charge on any atom is 0.264 e. The third-order valence-corrected chi connectivity index (χ3v) is 7.21. The third-order valence-electron chi connectivity index (χ3n) is 4.90. The quantitative estimate of drug-likeness (QED) is 0.283. The van der Waals surface area contributed by atoms with Crippen molar-refractivity contribution in [3.63, 3.8) is 0 Å². The Hall–Kier alpha value is -2.45. The Morgan fingerprint density at radius 2 is 1.91 bits per heavy atom. The van der Waals surface area contributed by atoms with Gasteiger partial charge in [0.2, 0.25) is 0 Å². The minimum absolute atomic E-state index is 0.249. The molecule has 1 aliphatic rings. The van der Waals surface area contributed by atoms with Crippen LogP contribution in [0.4, 0.5) is 5.69 Å². The highest BCUT2D eigenvalue weighted by molar-refractivity contribution is 9.10. The van der Waals surface area contributed by atoms with E-state index in [2.05, 4.69) is 32.3 Å². The van der Waals surface area contributed by atoms with Crippen molar-refractivity contribution in [1.29, 1.82) is 0 Å². The third kappa shape index (κ3) is 6.41. The first kappa shape index (κ1) is 25.6. The minimum Gasteiger partial charge on any atom is -0.490 e. The van der Waals surface area contributed by atoms with E-state index in [0.717, 1.165) is 15.6 Å². The molecule has 1 aliphatic heterocycles. The summed E-state index contributed by atoms with van der Waals surface area (Å²) in [6.45, 7) is 4.84. The van der Waals surface area contributed by atoms with Crippen molar-refractivity contribution in [3.05, 3.63) is 90.7 Å². The van der Waals surface area contributed by atoms with Gasteiger partial charge in [0, 0.05) is 0 Å². The zero-order chi connectivity index (χ0) is 24.9. The smallest absolute Gasteiger partial charge is 0.264 e. The average Bonchev–Trinajstić information content (AvgIpc) is 3.15. The molecule has 0 saturated carbocycles. The number of amidine groups is 1. The summed E-state index contributed by atoms with van der Waals surface area (Å²) in [5.74, 6) is 0.946. The molecule has 1 heterocycles. The number of carbonyl (C=O) groups excluding carboxylic acids is 1. The second-order valence-corrected chi connectivity index (χ2v) is 10.3. The van der Waals surface area contributed by atoms with Crippen LogP contribution in [0.15, 0.2) is 69.0 Å². The molecule has 0 bridgehead atoms. The number of carbonyl (C=O) groups is 1. The van der Waals surface area contributed by atoms with E-state index in [1.807, 2.05) is 44.2 Å². The number of amides is 1. The Labute approximate surface area is 226 Å². The number of hydrogen-bond donors (Lipinski definition) is 1. The Balaban J connectivity index is 1.57. The van der Waals surface area contributed by atoms with Gasteiger partial charge in [-0.1, -0.05) is 59.1 Å². The number of benzene rings is 3. The summed E-state index contributed by atoms with van der Waals surface area (Å²) >= 11 is 17.1. The van der Waals surface area contributed by atoms with E-state index in [0.29, 0.717) is 50.5 Å². The summed E-state index contributed by atoms with van der Waals surface area (Å²) in [5, 5.41) is 3.92. The number of halogens is 3. The Bertz CT molecular complexity index is 1340. The van der Waals surface area contributed by atoms with Gasteiger partial charge >= 0.3 is 0 Å². The Morgan fingerprint density at radius 1 is 1.11 bits per heavy atom. The van der Waals surface area contributed by atoms with E-state index in [4.69, 9.17) is 32.7 Å². The lowest BCUT2D eigenvalue weighted by atomic mass is 10.1. The number of ether oxygens (including phenoxy) is 2. The molecule has 180 valence electrons. The van der Waals surface area contributed by atoms with Gasteiger partial charge < -0.3 is 14.8 Å². The molecule has 3 aromatic carbocycles. The van der Waals surface area contributed by atoms with Crippen LogP contribution in [0.5, 0.6) is 11.5 Å². The molecule has 4 rings (SSSR count). The minimum atomic E-state index is -0.249. The number of rotatable bonds is 7. The summed E-state index contributed by atoms with van der Waals surface area (Å²) < 4.78 is 12.7. The van der Waals surface area contributed by atoms with Gasteiger partial charge in [0.15, 0.2) is 16.7 Å². The van der Waals surface area contributed by atoms with Crippen LogP contribution in [0.25, 0.3) is 6.08 Å². The molecule has 35 heavy (non-hydrogen) atoms. The first-order valence-electron chi connectivity index (χ1n) is 10.7. The van der Waals surface area contributed by atoms with Crippen LogP contribution < -0.4 is 14.8 Å². The van der Waals surface area contributed by atoms with Gasteiger partial charge in [-0.25, -0.2) is 4.99 Å². The van der Waals surface area contributed by atoms with Gasteiger partial charge in [-0.15, -0.1) is 0 Å². The molecule has 0 aromatic heterocycles. The summed E-state index contributed by atoms with van der Waals surface area (Å²) in [5.41, 5.74) is 3.50. The average molecular weight is 592 g/mol. The molecule has 9 heteroatoms. The fourth-order valence-electron chi connectivity index (χ4n) is 3.35. The van der Waals surface area contributed by atoms with Crippen molar-refractivity contribution in [3.8, 4) is 11.5 Å². The summed E-state index contributed by atoms with van der Waals surface area (Å²) in [4.78, 5) is 17.5. The van der Waals surface area contributed by atoms with Crippen LogP contribution in [0, 0.1) is 6.92 Å². The van der Waals surface area contributed by atoms with Crippen molar-refractivity contribution >= 4 is 73.7 Å². The van der Waals surface area contributed by atoms with E-state index in [9.17, 15) is 4.79 Å². The normalized spacial score (nSPS) is 15.5. The maximum absolute atomic E-state index is 12.6. The zero-order valence-electron chi connectivity index (χ0n) is 18.9. The fraction of sp³-hybridized carbons (Fsp3) is 0.154. The molecular formula is C26H21BrCl2N2O3S. The molecule has 1 N–H and O–H groups in total. The highest BCUT2D eigenvalue weighted by Gasteiger charge is 2.25. The van der Waals surface area contributed by atoms with E-state index < -0.39 is 0 Å². The van der Waals surface area contributed by atoms with Crippen LogP contribution in [-0.4, -0.2) is 17.7 Å². The first-order valence-corrected chi connectivity index (χ1v) is 13.1. The van der Waals surface area contributed by atoms with E-state index >= 15 is 0 Å². The highest BCUT2D eigenvalue weighted by atomic mass is 79.9. The molecule has 3 aromatic rings. The van der Waals surface area contributed by atoms with Crippen molar-refractivity contribution in [1.82, 2.24) is 5.32 Å². The van der Waals surface area contributed by atoms with E-state index in [1.165, 1.54) is 17.3 Å². The second kappa shape index (κ2) is 11.5. The summed E-state index contributed by atoms with van der Waals surface area (Å²) in [6, 6.07) is 17.1. The molecule has 0 atom stereocenters. The first-order chi connectivity index (χ1) is 16.8. The lowest BCUT2D eigenvalue weighted by Gasteiger charge is -2.15. The predicted molar refractivity (Wildman–Crippen MR) is 148 cm³/mol. The number of nitrogens with zero attached hydrogens (tertiary/aromatic N) is 1. The number of hydrogen-bond acceptors (Lipinski definition) is 5. The molecule has 1 saturated heterocycles. The van der Waals surface area contributed by atoms with Gasteiger partial charge in [-0.3, -0.25) is 4.79 Å². The summed E-state index contributed by atoms with van der Waals surface area (Å²) in [6.07, 6.45) is 1.78. The highest BCUT2D eigenvalue weighted by Crippen LogP contribution is 2.39. The molecule has 0 spiro atoms. The van der Waals surface area contributed by atoms with Gasteiger partial charge in [-0.2, -0.15) is 0 Å². The SMILES string of the molecule is CCOc1cc(/C=C2/SC(=Nc3cccc(Cl)c3Cl)NC2=O)cc(Br)c1OCc1cccc(C)c1. The zero-order valence-corrected chi connectivity index (χ0v) is 22.8. The van der Waals surface area contributed by atoms with Gasteiger partial charge in [0.25, 0.3) is 5.91 Å². The molecular weight excluding hydrogens is 571 g/mol. The van der Waals surface area contributed by atoms with E-state index in [-0.39, 0.29) is 5.91 Å². The maximum atomic E-state index is 12.6. The molecule has 0 radical (unpaired) electrons. The standard InChI is InChI=1S/C26H21BrCl2N2O3S/c1-3-33-21-12-17(11-18(27)24(21)34-14-16-7-4-6-15(2)10-16)13-22-25(32)31-26(35-22)30-20-9-5-8-19(28)23(20)29/h4-13H,3,14H2,1-2H3,(H,30,31,32)/b22-13+. The number of thioether (sulfide) groups is 1.